The van der Waals surface area contributed by atoms with Gasteiger partial charge in [0.15, 0.2) is 0 Å². The third-order valence-corrected chi connectivity index (χ3v) is 2.45. The number of carbonyl (C=O) groups excluding carboxylic acids is 1. The minimum Gasteiger partial charge on any atom is -0.385 e. The number of ether oxygens (including phenoxy) is 1. The molecule has 1 aromatic carbocycles. The molecule has 5 nitrogen and oxygen atoms in total. The highest BCUT2D eigenvalue weighted by Gasteiger charge is 2.09. The molecule has 94 valence electrons. The summed E-state index contributed by atoms with van der Waals surface area (Å²) in [5.41, 5.74) is 3.90. The minimum atomic E-state index is -0.0859. The molecule has 4 N–H and O–H groups in total. The van der Waals surface area contributed by atoms with Gasteiger partial charge in [-0.3, -0.25) is 10.6 Å². The Balaban J connectivity index is 2.51. The number of rotatable bonds is 6. The van der Waals surface area contributed by atoms with Crippen molar-refractivity contribution in [3.05, 3.63) is 29.8 Å². The zero-order chi connectivity index (χ0) is 12.7. The molecule has 0 spiro atoms. The van der Waals surface area contributed by atoms with Crippen LogP contribution in [0.15, 0.2) is 24.3 Å². The monoisotopic (exact) mass is 237 g/mol. The molecule has 5 heteroatoms. The number of benzene rings is 1. The van der Waals surface area contributed by atoms with Crippen LogP contribution < -0.4 is 16.6 Å². The lowest BCUT2D eigenvalue weighted by Gasteiger charge is -2.13. The minimum absolute atomic E-state index is 0.0859. The first-order valence-electron chi connectivity index (χ1n) is 5.54. The Morgan fingerprint density at radius 3 is 2.59 bits per heavy atom. The second-order valence-corrected chi connectivity index (χ2v) is 3.88. The van der Waals surface area contributed by atoms with Crippen molar-refractivity contribution in [2.45, 2.75) is 19.4 Å². The number of nitrogen functional groups attached to an aromatic ring is 1. The summed E-state index contributed by atoms with van der Waals surface area (Å²) in [6.07, 6.45) is 0.796. The van der Waals surface area contributed by atoms with Crippen molar-refractivity contribution >= 4 is 11.6 Å². The van der Waals surface area contributed by atoms with E-state index in [1.54, 1.807) is 31.4 Å². The topological polar surface area (TPSA) is 76.4 Å². The van der Waals surface area contributed by atoms with E-state index in [2.05, 4.69) is 10.7 Å². The van der Waals surface area contributed by atoms with Crippen LogP contribution in [0.2, 0.25) is 0 Å². The molecule has 0 saturated heterocycles. The van der Waals surface area contributed by atoms with Gasteiger partial charge in [-0.25, -0.2) is 0 Å². The second kappa shape index (κ2) is 6.88. The van der Waals surface area contributed by atoms with E-state index in [0.717, 1.165) is 12.1 Å². The lowest BCUT2D eigenvalue weighted by atomic mass is 10.1. The Labute approximate surface area is 101 Å². The fourth-order valence-corrected chi connectivity index (χ4v) is 1.39. The molecule has 1 rings (SSSR count). The van der Waals surface area contributed by atoms with Gasteiger partial charge in [0.1, 0.15) is 0 Å². The summed E-state index contributed by atoms with van der Waals surface area (Å²) in [6.45, 7) is 2.59. The molecule has 0 bridgehead atoms. The Kier molecular flexibility index (Phi) is 5.45. The molecule has 0 aliphatic carbocycles. The maximum atomic E-state index is 11.8. The third-order valence-electron chi connectivity index (χ3n) is 2.45. The molecule has 1 unspecified atom stereocenters. The average molecular weight is 237 g/mol. The van der Waals surface area contributed by atoms with Crippen molar-refractivity contribution in [1.29, 1.82) is 0 Å². The molecule has 0 aliphatic rings. The van der Waals surface area contributed by atoms with Gasteiger partial charge >= 0.3 is 0 Å². The Morgan fingerprint density at radius 2 is 2.06 bits per heavy atom. The van der Waals surface area contributed by atoms with Crippen LogP contribution in [0.4, 0.5) is 5.69 Å². The van der Waals surface area contributed by atoms with Gasteiger partial charge in [0.2, 0.25) is 0 Å². The van der Waals surface area contributed by atoms with Crippen LogP contribution in [0.1, 0.15) is 23.7 Å². The Hall–Kier alpha value is -1.59. The van der Waals surface area contributed by atoms with E-state index >= 15 is 0 Å². The number of hydrogen-bond donors (Lipinski definition) is 3. The highest BCUT2D eigenvalue weighted by atomic mass is 16.5. The number of methoxy groups -OCH3 is 1. The summed E-state index contributed by atoms with van der Waals surface area (Å²) in [6, 6.07) is 7.07. The quantitative estimate of drug-likeness (QED) is 0.512. The van der Waals surface area contributed by atoms with Gasteiger partial charge in [0.25, 0.3) is 5.91 Å². The predicted molar refractivity (Wildman–Crippen MR) is 67.7 cm³/mol. The molecular formula is C12H19N3O2. The van der Waals surface area contributed by atoms with Crippen LogP contribution in [0.25, 0.3) is 0 Å². The number of amides is 1. The molecule has 0 heterocycles. The maximum absolute atomic E-state index is 11.8. The maximum Gasteiger partial charge on any atom is 0.251 e. The molecule has 1 atom stereocenters. The Morgan fingerprint density at radius 1 is 1.41 bits per heavy atom. The van der Waals surface area contributed by atoms with Crippen molar-refractivity contribution in [2.75, 3.05) is 19.1 Å². The van der Waals surface area contributed by atoms with Crippen molar-refractivity contribution in [3.63, 3.8) is 0 Å². The van der Waals surface area contributed by atoms with Gasteiger partial charge in [-0.05, 0) is 37.6 Å². The molecule has 0 saturated carbocycles. The molecule has 0 fully saturated rings. The van der Waals surface area contributed by atoms with Gasteiger partial charge < -0.3 is 15.5 Å². The van der Waals surface area contributed by atoms with E-state index in [1.807, 2.05) is 6.92 Å². The first-order chi connectivity index (χ1) is 8.17. The first kappa shape index (κ1) is 13.5. The highest BCUT2D eigenvalue weighted by molar-refractivity contribution is 5.94. The van der Waals surface area contributed by atoms with E-state index in [9.17, 15) is 4.79 Å². The van der Waals surface area contributed by atoms with E-state index in [-0.39, 0.29) is 11.9 Å². The normalized spacial score (nSPS) is 11.9. The van der Waals surface area contributed by atoms with Crippen LogP contribution in [0.5, 0.6) is 0 Å². The predicted octanol–water partition coefficient (Wildman–Crippen LogP) is 1.13. The van der Waals surface area contributed by atoms with Crippen LogP contribution in [0, 0.1) is 0 Å². The van der Waals surface area contributed by atoms with E-state index in [4.69, 9.17) is 10.6 Å². The summed E-state index contributed by atoms with van der Waals surface area (Å²) in [5, 5.41) is 2.90. The zero-order valence-corrected chi connectivity index (χ0v) is 10.2. The van der Waals surface area contributed by atoms with E-state index in [1.165, 1.54) is 0 Å². The van der Waals surface area contributed by atoms with E-state index in [0.29, 0.717) is 12.2 Å². The number of nitrogens with two attached hydrogens (primary N) is 1. The second-order valence-electron chi connectivity index (χ2n) is 3.88. The lowest BCUT2D eigenvalue weighted by Crippen LogP contribution is -2.33. The Bertz CT molecular complexity index is 351. The van der Waals surface area contributed by atoms with Crippen molar-refractivity contribution in [3.8, 4) is 0 Å². The van der Waals surface area contributed by atoms with Gasteiger partial charge in [-0.1, -0.05) is 0 Å². The smallest absolute Gasteiger partial charge is 0.251 e. The van der Waals surface area contributed by atoms with Gasteiger partial charge in [-0.15, -0.1) is 0 Å². The molecule has 1 aromatic rings. The summed E-state index contributed by atoms with van der Waals surface area (Å²) in [4.78, 5) is 11.8. The highest BCUT2D eigenvalue weighted by Crippen LogP contribution is 2.08. The zero-order valence-electron chi connectivity index (χ0n) is 10.2. The molecular weight excluding hydrogens is 218 g/mol. The van der Waals surface area contributed by atoms with Crippen molar-refractivity contribution in [2.24, 2.45) is 5.84 Å². The molecule has 1 amide bonds. The fourth-order valence-electron chi connectivity index (χ4n) is 1.39. The SMILES string of the molecule is COCCC(C)NC(=O)c1ccc(NN)cc1. The summed E-state index contributed by atoms with van der Waals surface area (Å²) >= 11 is 0. The molecule has 0 radical (unpaired) electrons. The molecule has 0 aromatic heterocycles. The van der Waals surface area contributed by atoms with Crippen LogP contribution in [0.3, 0.4) is 0 Å². The number of nitrogens with one attached hydrogen (secondary N) is 2. The van der Waals surface area contributed by atoms with Crippen LogP contribution in [-0.2, 0) is 4.74 Å². The van der Waals surface area contributed by atoms with Gasteiger partial charge in [0, 0.05) is 31.0 Å². The van der Waals surface area contributed by atoms with E-state index < -0.39 is 0 Å². The van der Waals surface area contributed by atoms with Crippen LogP contribution in [-0.4, -0.2) is 25.7 Å². The molecule has 17 heavy (non-hydrogen) atoms. The average Bonchev–Trinajstić information content (AvgIpc) is 2.36. The van der Waals surface area contributed by atoms with Crippen molar-refractivity contribution in [1.82, 2.24) is 5.32 Å². The largest absolute Gasteiger partial charge is 0.385 e. The fraction of sp³-hybridized carbons (Fsp3) is 0.417. The summed E-state index contributed by atoms with van der Waals surface area (Å²) < 4.78 is 4.96. The standard InChI is InChI=1S/C12H19N3O2/c1-9(7-8-17-2)14-12(16)10-3-5-11(15-13)6-4-10/h3-6,9,15H,7-8,13H2,1-2H3,(H,14,16). The molecule has 0 aliphatic heterocycles. The number of hydrogen-bond acceptors (Lipinski definition) is 4. The number of anilines is 1. The number of carbonyl (C=O) groups is 1. The summed E-state index contributed by atoms with van der Waals surface area (Å²) in [7, 11) is 1.65. The lowest BCUT2D eigenvalue weighted by molar-refractivity contribution is 0.0929. The van der Waals surface area contributed by atoms with Gasteiger partial charge in [0.05, 0.1) is 0 Å². The van der Waals surface area contributed by atoms with Crippen molar-refractivity contribution < 1.29 is 9.53 Å². The van der Waals surface area contributed by atoms with Gasteiger partial charge in [-0.2, -0.15) is 0 Å². The first-order valence-corrected chi connectivity index (χ1v) is 5.54. The summed E-state index contributed by atoms with van der Waals surface area (Å²) in [5.74, 6) is 5.16. The third kappa shape index (κ3) is 4.42. The van der Waals surface area contributed by atoms with Crippen LogP contribution >= 0.6 is 0 Å². The number of hydrazine groups is 1.